The van der Waals surface area contributed by atoms with Gasteiger partial charge in [0, 0.05) is 0 Å². The van der Waals surface area contributed by atoms with Crippen LogP contribution in [0, 0.1) is 0 Å². The Morgan fingerprint density at radius 3 is 3.00 bits per heavy atom. The monoisotopic (exact) mass is 202 g/mol. The summed E-state index contributed by atoms with van der Waals surface area (Å²) in [6.07, 6.45) is 2.82. The zero-order valence-electron chi connectivity index (χ0n) is 8.82. The first-order chi connectivity index (χ1) is 7.34. The smallest absolute Gasteiger partial charge is 0.189 e. The second-order valence-electron chi connectivity index (χ2n) is 4.88. The van der Waals surface area contributed by atoms with Gasteiger partial charge in [-0.1, -0.05) is 19.1 Å². The van der Waals surface area contributed by atoms with E-state index in [1.54, 1.807) is 5.56 Å². The van der Waals surface area contributed by atoms with Gasteiger partial charge in [0.2, 0.25) is 0 Å². The minimum atomic E-state index is 0.0642. The topological polar surface area (TPSA) is 21.8 Å². The van der Waals surface area contributed by atoms with E-state index < -0.39 is 0 Å². The summed E-state index contributed by atoms with van der Waals surface area (Å²) in [4.78, 5) is 0. The average molecular weight is 202 g/mol. The Morgan fingerprint density at radius 2 is 2.07 bits per heavy atom. The lowest BCUT2D eigenvalue weighted by Gasteiger charge is -2.17. The van der Waals surface area contributed by atoms with Crippen LogP contribution >= 0.6 is 0 Å². The van der Waals surface area contributed by atoms with Crippen molar-refractivity contribution in [3.05, 3.63) is 34.4 Å². The molecule has 2 aliphatic heterocycles. The molecular weight excluding hydrogens is 188 g/mol. The molecule has 3 atom stereocenters. The summed E-state index contributed by atoms with van der Waals surface area (Å²) in [5.74, 6) is 0.725. The highest BCUT2D eigenvalue weighted by Gasteiger charge is 2.46. The lowest BCUT2D eigenvalue weighted by Crippen LogP contribution is -2.10. The van der Waals surface area contributed by atoms with Gasteiger partial charge >= 0.3 is 0 Å². The number of benzene rings is 1. The number of rotatable bonds is 0. The number of hydrogen-bond acceptors (Lipinski definition) is 2. The molecule has 0 spiro atoms. The van der Waals surface area contributed by atoms with Crippen molar-refractivity contribution in [2.24, 2.45) is 0 Å². The van der Waals surface area contributed by atoms with E-state index in [9.17, 15) is 0 Å². The van der Waals surface area contributed by atoms with Gasteiger partial charge in [-0.15, -0.1) is 0 Å². The molecule has 78 valence electrons. The first kappa shape index (κ1) is 8.31. The van der Waals surface area contributed by atoms with Crippen molar-refractivity contribution >= 4 is 0 Å². The highest BCUT2D eigenvalue weighted by atomic mass is 16.8. The lowest BCUT2D eigenvalue weighted by molar-refractivity contribution is 0.0368. The van der Waals surface area contributed by atoms with Crippen molar-refractivity contribution in [1.82, 2.24) is 0 Å². The van der Waals surface area contributed by atoms with Crippen LogP contribution in [0.4, 0.5) is 0 Å². The molecule has 2 heterocycles. The van der Waals surface area contributed by atoms with Crippen LogP contribution in [0.2, 0.25) is 0 Å². The zero-order chi connectivity index (χ0) is 9.99. The highest BCUT2D eigenvalue weighted by molar-refractivity contribution is 5.47. The minimum Gasteiger partial charge on any atom is -0.345 e. The molecule has 0 aromatic heterocycles. The fraction of sp³-hybridized carbons (Fsp3) is 0.538. The third-order valence-corrected chi connectivity index (χ3v) is 4.01. The van der Waals surface area contributed by atoms with Gasteiger partial charge in [-0.25, -0.2) is 0 Å². The Hall–Kier alpha value is -0.860. The first-order valence-electron chi connectivity index (χ1n) is 5.76. The van der Waals surface area contributed by atoms with Gasteiger partial charge in [0.15, 0.2) is 6.29 Å². The van der Waals surface area contributed by atoms with Crippen LogP contribution < -0.4 is 0 Å². The summed E-state index contributed by atoms with van der Waals surface area (Å²) >= 11 is 0. The molecule has 15 heavy (non-hydrogen) atoms. The number of hydrogen-bond donors (Lipinski definition) is 0. The SMILES string of the molecule is CC1CCc2c1ccc1c2COC2OC12. The molecule has 2 nitrogen and oxygen atoms in total. The van der Waals surface area contributed by atoms with Crippen molar-refractivity contribution < 1.29 is 9.47 Å². The molecule has 0 radical (unpaired) electrons. The standard InChI is InChI=1S/C13H14O2/c1-7-2-3-9-8(7)4-5-10-11(9)6-14-13-12(10)15-13/h4-5,7,12-13H,2-3,6H2,1H3. The van der Waals surface area contributed by atoms with Gasteiger partial charge in [0.1, 0.15) is 6.10 Å². The van der Waals surface area contributed by atoms with E-state index in [4.69, 9.17) is 9.47 Å². The quantitative estimate of drug-likeness (QED) is 0.603. The highest BCUT2D eigenvalue weighted by Crippen LogP contribution is 2.48. The van der Waals surface area contributed by atoms with Crippen molar-refractivity contribution in [1.29, 1.82) is 0 Å². The molecule has 0 amide bonds. The lowest BCUT2D eigenvalue weighted by atomic mass is 9.93. The predicted octanol–water partition coefficient (Wildman–Crippen LogP) is 2.66. The Bertz CT molecular complexity index is 438. The van der Waals surface area contributed by atoms with Crippen molar-refractivity contribution in [3.8, 4) is 0 Å². The van der Waals surface area contributed by atoms with E-state index >= 15 is 0 Å². The molecule has 1 aliphatic carbocycles. The largest absolute Gasteiger partial charge is 0.345 e. The molecule has 0 N–H and O–H groups in total. The van der Waals surface area contributed by atoms with Crippen molar-refractivity contribution in [3.63, 3.8) is 0 Å². The molecule has 3 aliphatic rings. The number of ether oxygens (including phenoxy) is 2. The van der Waals surface area contributed by atoms with Gasteiger partial charge in [-0.2, -0.15) is 0 Å². The average Bonchev–Trinajstić information content (AvgIpc) is 2.96. The predicted molar refractivity (Wildman–Crippen MR) is 55.6 cm³/mol. The Balaban J connectivity index is 1.92. The number of fused-ring (bicyclic) bond motifs is 5. The van der Waals surface area contributed by atoms with E-state index in [2.05, 4.69) is 19.1 Å². The summed E-state index contributed by atoms with van der Waals surface area (Å²) in [5, 5.41) is 0. The second kappa shape index (κ2) is 2.63. The molecule has 1 aromatic carbocycles. The summed E-state index contributed by atoms with van der Waals surface area (Å²) in [6, 6.07) is 4.55. The molecule has 0 saturated carbocycles. The second-order valence-corrected chi connectivity index (χ2v) is 4.88. The summed E-state index contributed by atoms with van der Waals surface area (Å²) in [6.45, 7) is 3.07. The first-order valence-corrected chi connectivity index (χ1v) is 5.76. The maximum absolute atomic E-state index is 5.62. The van der Waals surface area contributed by atoms with Crippen LogP contribution in [0.5, 0.6) is 0 Å². The van der Waals surface area contributed by atoms with Crippen LogP contribution in [0.25, 0.3) is 0 Å². The molecule has 1 aromatic rings. The summed E-state index contributed by atoms with van der Waals surface area (Å²) in [5.41, 5.74) is 5.90. The third kappa shape index (κ3) is 1.01. The Labute approximate surface area is 89.2 Å². The van der Waals surface area contributed by atoms with Crippen LogP contribution in [-0.4, -0.2) is 6.29 Å². The van der Waals surface area contributed by atoms with Gasteiger partial charge in [-0.05, 0) is 41.0 Å². The van der Waals surface area contributed by atoms with E-state index in [1.165, 1.54) is 29.5 Å². The summed E-state index contributed by atoms with van der Waals surface area (Å²) in [7, 11) is 0. The van der Waals surface area contributed by atoms with Gasteiger partial charge in [0.05, 0.1) is 6.61 Å². The molecule has 2 heteroatoms. The molecule has 3 unspecified atom stereocenters. The van der Waals surface area contributed by atoms with E-state index in [-0.39, 0.29) is 12.4 Å². The maximum Gasteiger partial charge on any atom is 0.189 e. The van der Waals surface area contributed by atoms with Gasteiger partial charge in [0.25, 0.3) is 0 Å². The van der Waals surface area contributed by atoms with Crippen molar-refractivity contribution in [2.75, 3.05) is 0 Å². The fourth-order valence-electron chi connectivity index (χ4n) is 3.05. The van der Waals surface area contributed by atoms with Crippen molar-refractivity contribution in [2.45, 2.75) is 44.7 Å². The zero-order valence-corrected chi connectivity index (χ0v) is 8.82. The molecule has 1 fully saturated rings. The van der Waals surface area contributed by atoms with Crippen LogP contribution in [-0.2, 0) is 22.5 Å². The van der Waals surface area contributed by atoms with Gasteiger partial charge < -0.3 is 9.47 Å². The van der Waals surface area contributed by atoms with Crippen LogP contribution in [0.3, 0.4) is 0 Å². The Kier molecular flexibility index (Phi) is 1.46. The van der Waals surface area contributed by atoms with Gasteiger partial charge in [-0.3, -0.25) is 0 Å². The van der Waals surface area contributed by atoms with E-state index in [0.29, 0.717) is 0 Å². The molecular formula is C13H14O2. The van der Waals surface area contributed by atoms with E-state index in [0.717, 1.165) is 12.5 Å². The molecule has 4 rings (SSSR count). The maximum atomic E-state index is 5.62. The number of epoxide rings is 1. The minimum absolute atomic E-state index is 0.0642. The van der Waals surface area contributed by atoms with Crippen LogP contribution in [0.1, 0.15) is 47.6 Å². The fourth-order valence-corrected chi connectivity index (χ4v) is 3.05. The molecule has 1 saturated heterocycles. The summed E-state index contributed by atoms with van der Waals surface area (Å²) < 4.78 is 11.1. The molecule has 0 bridgehead atoms. The van der Waals surface area contributed by atoms with Crippen LogP contribution in [0.15, 0.2) is 12.1 Å². The third-order valence-electron chi connectivity index (χ3n) is 4.01. The van der Waals surface area contributed by atoms with E-state index in [1.807, 2.05) is 0 Å². The Morgan fingerprint density at radius 1 is 1.20 bits per heavy atom. The normalized spacial score (nSPS) is 35.7.